The molecule has 1 unspecified atom stereocenters. The van der Waals surface area contributed by atoms with Gasteiger partial charge in [-0.1, -0.05) is 29.3 Å². The number of benzene rings is 1. The molecule has 1 atom stereocenters. The van der Waals surface area contributed by atoms with E-state index in [2.05, 4.69) is 10.4 Å². The fraction of sp³-hybridized carbons (Fsp3) is 0.333. The second-order valence-electron chi connectivity index (χ2n) is 4.82. The van der Waals surface area contributed by atoms with Crippen LogP contribution in [-0.4, -0.2) is 29.4 Å². The van der Waals surface area contributed by atoms with E-state index in [1.807, 2.05) is 6.07 Å². The number of aryl methyl sites for hydroxylation is 1. The summed E-state index contributed by atoms with van der Waals surface area (Å²) in [4.78, 5) is 12.4. The topological polar surface area (TPSA) is 56.1 Å². The van der Waals surface area contributed by atoms with Crippen molar-refractivity contribution < 1.29 is 9.53 Å². The molecule has 5 nitrogen and oxygen atoms in total. The minimum absolute atomic E-state index is 0.202. The molecule has 0 aliphatic rings. The predicted molar refractivity (Wildman–Crippen MR) is 86.4 cm³/mol. The molecule has 0 spiro atoms. The van der Waals surface area contributed by atoms with E-state index < -0.39 is 0 Å². The van der Waals surface area contributed by atoms with Crippen LogP contribution in [0.3, 0.4) is 0 Å². The zero-order valence-electron chi connectivity index (χ0n) is 12.3. The fourth-order valence-electron chi connectivity index (χ4n) is 2.12. The monoisotopic (exact) mass is 341 g/mol. The number of nitrogens with zero attached hydrogens (tertiary/aromatic N) is 2. The van der Waals surface area contributed by atoms with Crippen molar-refractivity contribution in [2.24, 2.45) is 7.05 Å². The first kappa shape index (κ1) is 16.8. The number of halogens is 2. The van der Waals surface area contributed by atoms with E-state index >= 15 is 0 Å². The van der Waals surface area contributed by atoms with Crippen LogP contribution in [-0.2, 0) is 11.8 Å². The zero-order valence-corrected chi connectivity index (χ0v) is 13.9. The molecule has 2 rings (SSSR count). The summed E-state index contributed by atoms with van der Waals surface area (Å²) in [5.74, 6) is -0.202. The minimum Gasteiger partial charge on any atom is -0.385 e. The van der Waals surface area contributed by atoms with Gasteiger partial charge in [0.15, 0.2) is 0 Å². The van der Waals surface area contributed by atoms with Gasteiger partial charge in [-0.2, -0.15) is 5.10 Å². The van der Waals surface area contributed by atoms with Crippen molar-refractivity contribution in [2.75, 3.05) is 13.7 Å². The third-order valence-corrected chi connectivity index (χ3v) is 4.05. The lowest BCUT2D eigenvalue weighted by molar-refractivity contribution is 0.0915. The van der Waals surface area contributed by atoms with Gasteiger partial charge < -0.3 is 10.1 Å². The number of carbonyl (C=O) groups excluding carboxylic acids is 1. The van der Waals surface area contributed by atoms with Crippen LogP contribution in [0.15, 0.2) is 30.5 Å². The first-order valence-corrected chi connectivity index (χ1v) is 7.51. The van der Waals surface area contributed by atoms with Crippen molar-refractivity contribution in [3.8, 4) is 0 Å². The Bertz CT molecular complexity index is 658. The van der Waals surface area contributed by atoms with E-state index in [9.17, 15) is 4.79 Å². The van der Waals surface area contributed by atoms with Gasteiger partial charge in [0.25, 0.3) is 5.91 Å². The van der Waals surface area contributed by atoms with E-state index in [1.54, 1.807) is 38.6 Å². The number of carbonyl (C=O) groups is 1. The van der Waals surface area contributed by atoms with E-state index in [0.29, 0.717) is 28.8 Å². The first-order valence-electron chi connectivity index (χ1n) is 6.75. The van der Waals surface area contributed by atoms with E-state index in [-0.39, 0.29) is 11.9 Å². The number of amides is 1. The smallest absolute Gasteiger partial charge is 0.270 e. The molecular weight excluding hydrogens is 325 g/mol. The summed E-state index contributed by atoms with van der Waals surface area (Å²) in [6.45, 7) is 0.510. The van der Waals surface area contributed by atoms with Crippen molar-refractivity contribution in [3.63, 3.8) is 0 Å². The number of aromatic nitrogens is 2. The van der Waals surface area contributed by atoms with Crippen LogP contribution in [0.4, 0.5) is 0 Å². The summed E-state index contributed by atoms with van der Waals surface area (Å²) in [6.07, 6.45) is 2.20. The van der Waals surface area contributed by atoms with Crippen LogP contribution in [0.1, 0.15) is 28.5 Å². The van der Waals surface area contributed by atoms with Crippen LogP contribution in [0.25, 0.3) is 0 Å². The molecule has 118 valence electrons. The van der Waals surface area contributed by atoms with Gasteiger partial charge in [0, 0.05) is 27.0 Å². The van der Waals surface area contributed by atoms with Crippen molar-refractivity contribution in [2.45, 2.75) is 12.5 Å². The van der Waals surface area contributed by atoms with E-state index in [4.69, 9.17) is 27.9 Å². The van der Waals surface area contributed by atoms with Gasteiger partial charge in [-0.3, -0.25) is 9.48 Å². The van der Waals surface area contributed by atoms with Gasteiger partial charge in [0.2, 0.25) is 0 Å². The molecule has 1 aromatic heterocycles. The lowest BCUT2D eigenvalue weighted by Gasteiger charge is -2.19. The Balaban J connectivity index is 2.20. The molecule has 0 saturated heterocycles. The number of nitrogens with one attached hydrogen (secondary N) is 1. The van der Waals surface area contributed by atoms with Gasteiger partial charge >= 0.3 is 0 Å². The number of hydrogen-bond donors (Lipinski definition) is 1. The van der Waals surface area contributed by atoms with Crippen molar-refractivity contribution in [1.29, 1.82) is 0 Å². The Labute approximate surface area is 139 Å². The molecule has 1 amide bonds. The summed E-state index contributed by atoms with van der Waals surface area (Å²) in [6, 6.07) is 6.76. The quantitative estimate of drug-likeness (QED) is 0.877. The molecule has 7 heteroatoms. The molecule has 0 aliphatic heterocycles. The molecule has 1 heterocycles. The van der Waals surface area contributed by atoms with Crippen LogP contribution in [0.2, 0.25) is 10.0 Å². The Morgan fingerprint density at radius 1 is 1.36 bits per heavy atom. The maximum absolute atomic E-state index is 12.4. The Hall–Kier alpha value is -1.56. The Kier molecular flexibility index (Phi) is 5.83. The lowest BCUT2D eigenvalue weighted by atomic mass is 10.0. The average molecular weight is 342 g/mol. The molecular formula is C15H17Cl2N3O2. The fourth-order valence-corrected chi connectivity index (χ4v) is 2.42. The maximum Gasteiger partial charge on any atom is 0.270 e. The highest BCUT2D eigenvalue weighted by Gasteiger charge is 2.18. The Morgan fingerprint density at radius 2 is 2.14 bits per heavy atom. The largest absolute Gasteiger partial charge is 0.385 e. The molecule has 1 aromatic carbocycles. The number of ether oxygens (including phenoxy) is 1. The highest BCUT2D eigenvalue weighted by atomic mass is 35.5. The molecule has 22 heavy (non-hydrogen) atoms. The molecule has 0 aliphatic carbocycles. The van der Waals surface area contributed by atoms with Gasteiger partial charge in [0.05, 0.1) is 16.1 Å². The third-order valence-electron chi connectivity index (χ3n) is 3.32. The summed E-state index contributed by atoms with van der Waals surface area (Å²) >= 11 is 12.0. The first-order chi connectivity index (χ1) is 10.5. The van der Waals surface area contributed by atoms with Crippen LogP contribution in [0, 0.1) is 0 Å². The van der Waals surface area contributed by atoms with Gasteiger partial charge in [-0.05, 0) is 30.2 Å². The maximum atomic E-state index is 12.4. The number of rotatable bonds is 6. The SMILES string of the molecule is COCCC(NC(=O)c1ccnn1C)c1ccc(Cl)c(Cl)c1. The highest BCUT2D eigenvalue weighted by molar-refractivity contribution is 6.42. The van der Waals surface area contributed by atoms with Crippen molar-refractivity contribution >= 4 is 29.1 Å². The summed E-state index contributed by atoms with van der Waals surface area (Å²) < 4.78 is 6.64. The van der Waals surface area contributed by atoms with Crippen molar-refractivity contribution in [1.82, 2.24) is 15.1 Å². The summed E-state index contributed by atoms with van der Waals surface area (Å²) in [7, 11) is 3.34. The van der Waals surface area contributed by atoms with E-state index in [0.717, 1.165) is 5.56 Å². The molecule has 0 saturated carbocycles. The lowest BCUT2D eigenvalue weighted by Crippen LogP contribution is -2.30. The minimum atomic E-state index is -0.225. The summed E-state index contributed by atoms with van der Waals surface area (Å²) in [5, 5.41) is 7.91. The third kappa shape index (κ3) is 4.00. The normalized spacial score (nSPS) is 12.2. The zero-order chi connectivity index (χ0) is 16.1. The standard InChI is InChI=1S/C15H17Cl2N3O2/c1-20-14(5-7-18-20)15(21)19-13(6-8-22-2)10-3-4-11(16)12(17)9-10/h3-5,7,9,13H,6,8H2,1-2H3,(H,19,21). The second kappa shape index (κ2) is 7.63. The molecule has 2 aromatic rings. The van der Waals surface area contributed by atoms with Crippen LogP contribution in [0.5, 0.6) is 0 Å². The molecule has 0 fully saturated rings. The molecule has 0 radical (unpaired) electrons. The average Bonchev–Trinajstić information content (AvgIpc) is 2.92. The van der Waals surface area contributed by atoms with Gasteiger partial charge in [-0.15, -0.1) is 0 Å². The van der Waals surface area contributed by atoms with Gasteiger partial charge in [-0.25, -0.2) is 0 Å². The molecule has 0 bridgehead atoms. The van der Waals surface area contributed by atoms with Crippen LogP contribution >= 0.6 is 23.2 Å². The number of hydrogen-bond acceptors (Lipinski definition) is 3. The van der Waals surface area contributed by atoms with Crippen LogP contribution < -0.4 is 5.32 Å². The second-order valence-corrected chi connectivity index (χ2v) is 5.64. The van der Waals surface area contributed by atoms with Crippen molar-refractivity contribution in [3.05, 3.63) is 51.8 Å². The van der Waals surface area contributed by atoms with E-state index in [1.165, 1.54) is 4.68 Å². The van der Waals surface area contributed by atoms with Gasteiger partial charge in [0.1, 0.15) is 5.69 Å². The predicted octanol–water partition coefficient (Wildman–Crippen LogP) is 3.23. The highest BCUT2D eigenvalue weighted by Crippen LogP contribution is 2.27. The Morgan fingerprint density at radius 3 is 2.73 bits per heavy atom. The summed E-state index contributed by atoms with van der Waals surface area (Å²) in [5.41, 5.74) is 1.37. The number of methoxy groups -OCH3 is 1. The molecule has 1 N–H and O–H groups in total.